The minimum Gasteiger partial charge on any atom is -0.493 e. The Morgan fingerprint density at radius 3 is 1.71 bits per heavy atom. The van der Waals surface area contributed by atoms with Crippen molar-refractivity contribution in [2.24, 2.45) is 0 Å². The maximum atomic E-state index is 5.39. The van der Waals surface area contributed by atoms with Crippen LogP contribution in [0.15, 0.2) is 12.1 Å². The lowest BCUT2D eigenvalue weighted by atomic mass is 10.1. The molecule has 0 unspecified atom stereocenters. The van der Waals surface area contributed by atoms with Gasteiger partial charge in [0.05, 0.1) is 21.3 Å². The number of hydrogen-bond acceptors (Lipinski definition) is 4. The lowest BCUT2D eigenvalue weighted by Crippen LogP contribution is -2.27. The molecule has 1 rings (SSSR count). The van der Waals surface area contributed by atoms with E-state index < -0.39 is 0 Å². The van der Waals surface area contributed by atoms with Crippen molar-refractivity contribution in [1.82, 2.24) is 4.90 Å². The van der Waals surface area contributed by atoms with E-state index in [0.29, 0.717) is 17.2 Å². The number of methoxy groups -OCH3 is 3. The van der Waals surface area contributed by atoms with Crippen LogP contribution in [-0.4, -0.2) is 48.2 Å². The number of nitrogens with zero attached hydrogens (tertiary/aromatic N) is 1. The molecule has 0 amide bonds. The summed E-state index contributed by atoms with van der Waals surface area (Å²) in [5, 5.41) is 0. The zero-order chi connectivity index (χ0) is 15.0. The van der Waals surface area contributed by atoms with Gasteiger partial charge in [-0.1, -0.05) is 45.2 Å². The Balaban J connectivity index is 0.00000400. The molecule has 0 aromatic heterocycles. The number of alkyl halides is 2. The van der Waals surface area contributed by atoms with Crippen LogP contribution in [0.3, 0.4) is 0 Å². The molecule has 122 valence electrons. The fraction of sp³-hybridized carbons (Fsp3) is 0.571. The van der Waals surface area contributed by atoms with Crippen LogP contribution in [-0.2, 0) is 6.54 Å². The van der Waals surface area contributed by atoms with Gasteiger partial charge in [0.25, 0.3) is 0 Å². The van der Waals surface area contributed by atoms with Crippen molar-refractivity contribution < 1.29 is 14.2 Å². The molecule has 7 heteroatoms. The van der Waals surface area contributed by atoms with Crippen molar-refractivity contribution in [2.75, 3.05) is 43.3 Å². The van der Waals surface area contributed by atoms with Gasteiger partial charge in [-0.05, 0) is 17.7 Å². The minimum absolute atomic E-state index is 0. The largest absolute Gasteiger partial charge is 0.493 e. The zero-order valence-electron chi connectivity index (χ0n) is 12.5. The molecule has 0 aliphatic rings. The molecule has 0 atom stereocenters. The summed E-state index contributed by atoms with van der Waals surface area (Å²) in [7, 11) is 4.92. The smallest absolute Gasteiger partial charge is 0.203 e. The first-order valence-corrected chi connectivity index (χ1v) is 9.38. The van der Waals surface area contributed by atoms with E-state index in [1.807, 2.05) is 12.1 Å². The van der Waals surface area contributed by atoms with E-state index in [2.05, 4.69) is 50.1 Å². The number of benzene rings is 1. The fourth-order valence-corrected chi connectivity index (χ4v) is 3.36. The summed E-state index contributed by atoms with van der Waals surface area (Å²) < 4.78 is 18.4. The Bertz CT molecular complexity index is 387. The second-order valence-corrected chi connectivity index (χ2v) is 6.35. The van der Waals surface area contributed by atoms with Crippen LogP contribution >= 0.6 is 69.2 Å². The predicted octanol–water partition coefficient (Wildman–Crippen LogP) is 4.00. The van der Waals surface area contributed by atoms with Gasteiger partial charge in [-0.25, -0.2) is 0 Å². The summed E-state index contributed by atoms with van der Waals surface area (Å²) >= 11 is 4.82. The molecular formula is C14H22I3NO3. The Kier molecular flexibility index (Phi) is 12.7. The van der Waals surface area contributed by atoms with Crippen LogP contribution < -0.4 is 14.2 Å². The van der Waals surface area contributed by atoms with E-state index in [9.17, 15) is 0 Å². The lowest BCUT2D eigenvalue weighted by molar-refractivity contribution is 0.298. The lowest BCUT2D eigenvalue weighted by Gasteiger charge is -2.21. The van der Waals surface area contributed by atoms with Gasteiger partial charge in [0, 0.05) is 28.5 Å². The van der Waals surface area contributed by atoms with Crippen LogP contribution in [0.4, 0.5) is 0 Å². The van der Waals surface area contributed by atoms with Crippen LogP contribution in [0, 0.1) is 0 Å². The van der Waals surface area contributed by atoms with Crippen molar-refractivity contribution in [2.45, 2.75) is 6.54 Å². The van der Waals surface area contributed by atoms with Crippen molar-refractivity contribution in [3.63, 3.8) is 0 Å². The second kappa shape index (κ2) is 12.2. The summed E-state index contributed by atoms with van der Waals surface area (Å²) in [4.78, 5) is 2.43. The summed E-state index contributed by atoms with van der Waals surface area (Å²) in [6, 6.07) is 4.05. The van der Waals surface area contributed by atoms with E-state index in [0.717, 1.165) is 28.5 Å². The number of hydrogen-bond donors (Lipinski definition) is 0. The Hall–Kier alpha value is 0.770. The van der Waals surface area contributed by atoms with Gasteiger partial charge < -0.3 is 14.2 Å². The summed E-state index contributed by atoms with van der Waals surface area (Å²) in [5.41, 5.74) is 1.18. The van der Waals surface area contributed by atoms with E-state index in [4.69, 9.17) is 14.2 Å². The molecule has 0 saturated heterocycles. The first kappa shape index (κ1) is 21.8. The molecule has 0 heterocycles. The van der Waals surface area contributed by atoms with Gasteiger partial charge in [0.2, 0.25) is 5.75 Å². The van der Waals surface area contributed by atoms with Gasteiger partial charge in [-0.3, -0.25) is 4.90 Å². The maximum absolute atomic E-state index is 5.39. The van der Waals surface area contributed by atoms with Crippen LogP contribution in [0.25, 0.3) is 0 Å². The van der Waals surface area contributed by atoms with E-state index >= 15 is 0 Å². The summed E-state index contributed by atoms with van der Waals surface area (Å²) in [6.45, 7) is 3.06. The highest BCUT2D eigenvalue weighted by Crippen LogP contribution is 2.38. The van der Waals surface area contributed by atoms with Gasteiger partial charge in [0.15, 0.2) is 11.5 Å². The minimum atomic E-state index is 0. The van der Waals surface area contributed by atoms with E-state index in [1.54, 1.807) is 21.3 Å². The standard InChI is InChI=1S/C14H21I2NO3.HI/c1-18-12-8-11(9-13(19-2)14(12)20-3)10-17(6-4-15)7-5-16;/h8-9H,4-7,10H2,1-3H3;1H. The molecule has 0 radical (unpaired) electrons. The van der Waals surface area contributed by atoms with Crippen molar-refractivity contribution in [3.05, 3.63) is 17.7 Å². The average Bonchev–Trinajstić information content (AvgIpc) is 2.46. The second-order valence-electron chi connectivity index (χ2n) is 4.19. The Morgan fingerprint density at radius 2 is 1.38 bits per heavy atom. The highest BCUT2D eigenvalue weighted by Gasteiger charge is 2.14. The van der Waals surface area contributed by atoms with Crippen LogP contribution in [0.2, 0.25) is 0 Å². The normalized spacial score (nSPS) is 10.2. The fourth-order valence-electron chi connectivity index (χ4n) is 1.99. The van der Waals surface area contributed by atoms with E-state index in [-0.39, 0.29) is 24.0 Å². The molecule has 0 aliphatic heterocycles. The quantitative estimate of drug-likeness (QED) is 0.304. The predicted molar refractivity (Wildman–Crippen MR) is 115 cm³/mol. The topological polar surface area (TPSA) is 30.9 Å². The van der Waals surface area contributed by atoms with Gasteiger partial charge in [-0.15, -0.1) is 24.0 Å². The first-order chi connectivity index (χ1) is 9.69. The molecule has 4 nitrogen and oxygen atoms in total. The highest BCUT2D eigenvalue weighted by atomic mass is 127. The van der Waals surface area contributed by atoms with Crippen molar-refractivity contribution in [3.8, 4) is 17.2 Å². The van der Waals surface area contributed by atoms with Gasteiger partial charge >= 0.3 is 0 Å². The van der Waals surface area contributed by atoms with Crippen molar-refractivity contribution >= 4 is 69.2 Å². The number of ether oxygens (including phenoxy) is 3. The van der Waals surface area contributed by atoms with Gasteiger partial charge in [-0.2, -0.15) is 0 Å². The van der Waals surface area contributed by atoms with Crippen LogP contribution in [0.1, 0.15) is 5.56 Å². The molecule has 0 aliphatic carbocycles. The molecule has 0 spiro atoms. The molecule has 21 heavy (non-hydrogen) atoms. The zero-order valence-corrected chi connectivity index (χ0v) is 19.2. The summed E-state index contributed by atoms with van der Waals surface area (Å²) in [6.07, 6.45) is 0. The molecule has 0 N–H and O–H groups in total. The summed E-state index contributed by atoms with van der Waals surface area (Å²) in [5.74, 6) is 2.07. The molecule has 1 aromatic rings. The Labute approximate surface area is 171 Å². The SMILES string of the molecule is COc1cc(CN(CCI)CCI)cc(OC)c1OC.I. The molecular weight excluding hydrogens is 611 g/mol. The third kappa shape index (κ3) is 6.81. The molecule has 0 fully saturated rings. The average molecular weight is 633 g/mol. The van der Waals surface area contributed by atoms with Crippen LogP contribution in [0.5, 0.6) is 17.2 Å². The van der Waals surface area contributed by atoms with Crippen molar-refractivity contribution in [1.29, 1.82) is 0 Å². The first-order valence-electron chi connectivity index (χ1n) is 6.33. The number of halogens is 3. The third-order valence-electron chi connectivity index (χ3n) is 2.93. The van der Waals surface area contributed by atoms with E-state index in [1.165, 1.54) is 5.56 Å². The Morgan fingerprint density at radius 1 is 0.905 bits per heavy atom. The molecule has 0 bridgehead atoms. The maximum Gasteiger partial charge on any atom is 0.203 e. The third-order valence-corrected chi connectivity index (χ3v) is 3.90. The van der Waals surface area contributed by atoms with Gasteiger partial charge in [0.1, 0.15) is 0 Å². The molecule has 0 saturated carbocycles. The number of rotatable bonds is 9. The molecule has 1 aromatic carbocycles. The highest BCUT2D eigenvalue weighted by molar-refractivity contribution is 14.1. The monoisotopic (exact) mass is 633 g/mol.